The van der Waals surface area contributed by atoms with E-state index in [2.05, 4.69) is 39.4 Å². The van der Waals surface area contributed by atoms with Crippen molar-refractivity contribution in [2.24, 2.45) is 0 Å². The summed E-state index contributed by atoms with van der Waals surface area (Å²) in [5.41, 5.74) is 1.34. The number of rotatable bonds is 5. The van der Waals surface area contributed by atoms with Crippen LogP contribution in [0.2, 0.25) is 0 Å². The van der Waals surface area contributed by atoms with Crippen molar-refractivity contribution >= 4 is 22.7 Å². The molecule has 25 heavy (non-hydrogen) atoms. The highest BCUT2D eigenvalue weighted by Gasteiger charge is 2.20. The fourth-order valence-electron chi connectivity index (χ4n) is 3.13. The van der Waals surface area contributed by atoms with Gasteiger partial charge in [-0.25, -0.2) is 4.98 Å². The van der Waals surface area contributed by atoms with Gasteiger partial charge in [-0.2, -0.15) is 4.98 Å². The largest absolute Gasteiger partial charge is 0.393 e. The van der Waals surface area contributed by atoms with Gasteiger partial charge in [0.05, 0.1) is 29.6 Å². The van der Waals surface area contributed by atoms with Gasteiger partial charge in [-0.15, -0.1) is 0 Å². The first-order valence-corrected chi connectivity index (χ1v) is 8.99. The van der Waals surface area contributed by atoms with Gasteiger partial charge in [0.2, 0.25) is 5.95 Å². The fraction of sp³-hybridized carbons (Fsp3) is 0.611. The average Bonchev–Trinajstić information content (AvgIpc) is 2.56. The molecule has 7 heteroatoms. The Morgan fingerprint density at radius 2 is 1.84 bits per heavy atom. The van der Waals surface area contributed by atoms with Gasteiger partial charge >= 0.3 is 0 Å². The molecule has 7 nitrogen and oxygen atoms in total. The molecule has 0 radical (unpaired) electrons. The second kappa shape index (κ2) is 7.49. The van der Waals surface area contributed by atoms with Crippen LogP contribution >= 0.6 is 0 Å². The lowest BCUT2D eigenvalue weighted by atomic mass is 9.93. The number of hydrogen-bond acceptors (Lipinski definition) is 7. The summed E-state index contributed by atoms with van der Waals surface area (Å²) in [6.45, 7) is 5.80. The Labute approximate surface area is 147 Å². The number of aliphatic hydroxyl groups excluding tert-OH is 2. The highest BCUT2D eigenvalue weighted by Crippen LogP contribution is 2.27. The minimum absolute atomic E-state index is 0.183. The van der Waals surface area contributed by atoms with Crippen LogP contribution in [0.1, 0.15) is 58.3 Å². The molecule has 2 aromatic heterocycles. The van der Waals surface area contributed by atoms with Crippen molar-refractivity contribution in [3.63, 3.8) is 0 Å². The van der Waals surface area contributed by atoms with Crippen molar-refractivity contribution < 1.29 is 10.2 Å². The SMILES string of the molecule is CC(C)Nc1nc(NC2CCC(O)CC2)nc2cnc([C@@H](C)O)cc12. The zero-order chi connectivity index (χ0) is 18.0. The summed E-state index contributed by atoms with van der Waals surface area (Å²) in [5.74, 6) is 1.31. The summed E-state index contributed by atoms with van der Waals surface area (Å²) < 4.78 is 0. The van der Waals surface area contributed by atoms with E-state index < -0.39 is 6.10 Å². The van der Waals surface area contributed by atoms with E-state index in [-0.39, 0.29) is 18.2 Å². The summed E-state index contributed by atoms with van der Waals surface area (Å²) in [6.07, 6.45) is 4.30. The number of aliphatic hydroxyl groups is 2. The summed E-state index contributed by atoms with van der Waals surface area (Å²) in [6, 6.07) is 2.34. The molecular weight excluding hydrogens is 318 g/mol. The Kier molecular flexibility index (Phi) is 5.34. The molecule has 3 rings (SSSR count). The van der Waals surface area contributed by atoms with E-state index in [9.17, 15) is 10.2 Å². The molecule has 2 aromatic rings. The molecule has 1 saturated carbocycles. The molecule has 0 amide bonds. The third kappa shape index (κ3) is 4.35. The van der Waals surface area contributed by atoms with E-state index in [0.29, 0.717) is 11.6 Å². The summed E-state index contributed by atoms with van der Waals surface area (Å²) >= 11 is 0. The predicted molar refractivity (Wildman–Crippen MR) is 98.6 cm³/mol. The molecule has 4 N–H and O–H groups in total. The van der Waals surface area contributed by atoms with Gasteiger partial charge < -0.3 is 20.8 Å². The van der Waals surface area contributed by atoms with Crippen LogP contribution in [-0.4, -0.2) is 43.4 Å². The molecule has 136 valence electrons. The highest BCUT2D eigenvalue weighted by atomic mass is 16.3. The molecule has 1 aliphatic rings. The van der Waals surface area contributed by atoms with Crippen LogP contribution in [0.5, 0.6) is 0 Å². The van der Waals surface area contributed by atoms with Gasteiger partial charge in [0.1, 0.15) is 5.82 Å². The molecule has 0 aromatic carbocycles. The Balaban J connectivity index is 1.92. The zero-order valence-corrected chi connectivity index (χ0v) is 15.0. The fourth-order valence-corrected chi connectivity index (χ4v) is 3.13. The lowest BCUT2D eigenvalue weighted by molar-refractivity contribution is 0.126. The number of hydrogen-bond donors (Lipinski definition) is 4. The maximum absolute atomic E-state index is 9.79. The van der Waals surface area contributed by atoms with Gasteiger partial charge in [0.15, 0.2) is 0 Å². The zero-order valence-electron chi connectivity index (χ0n) is 15.0. The highest BCUT2D eigenvalue weighted by molar-refractivity contribution is 5.90. The normalized spacial score (nSPS) is 22.2. The number of fused-ring (bicyclic) bond motifs is 1. The number of nitrogens with zero attached hydrogens (tertiary/aromatic N) is 3. The molecule has 0 spiro atoms. The topological polar surface area (TPSA) is 103 Å². The van der Waals surface area contributed by atoms with Crippen molar-refractivity contribution in [3.8, 4) is 0 Å². The quantitative estimate of drug-likeness (QED) is 0.660. The van der Waals surface area contributed by atoms with Crippen molar-refractivity contribution in [1.29, 1.82) is 0 Å². The number of pyridine rings is 1. The van der Waals surface area contributed by atoms with Crippen LogP contribution in [0.25, 0.3) is 10.9 Å². The van der Waals surface area contributed by atoms with E-state index in [1.807, 2.05) is 6.07 Å². The second-order valence-corrected chi connectivity index (χ2v) is 7.15. The number of aromatic nitrogens is 3. The number of anilines is 2. The minimum Gasteiger partial charge on any atom is -0.393 e. The third-order valence-corrected chi connectivity index (χ3v) is 4.49. The second-order valence-electron chi connectivity index (χ2n) is 7.15. The van der Waals surface area contributed by atoms with E-state index in [0.717, 1.165) is 42.4 Å². The maximum Gasteiger partial charge on any atom is 0.225 e. The molecule has 1 fully saturated rings. The molecule has 0 unspecified atom stereocenters. The van der Waals surface area contributed by atoms with Gasteiger partial charge in [0, 0.05) is 17.5 Å². The van der Waals surface area contributed by atoms with E-state index in [1.54, 1.807) is 13.1 Å². The van der Waals surface area contributed by atoms with Gasteiger partial charge in [-0.05, 0) is 52.5 Å². The van der Waals surface area contributed by atoms with Crippen LogP contribution in [0.15, 0.2) is 12.3 Å². The van der Waals surface area contributed by atoms with Crippen molar-refractivity contribution in [2.45, 2.75) is 70.7 Å². The van der Waals surface area contributed by atoms with Crippen molar-refractivity contribution in [3.05, 3.63) is 18.0 Å². The number of nitrogens with one attached hydrogen (secondary N) is 2. The lowest BCUT2D eigenvalue weighted by Gasteiger charge is -2.26. The maximum atomic E-state index is 9.79. The van der Waals surface area contributed by atoms with Gasteiger partial charge in [0.25, 0.3) is 0 Å². The molecule has 0 saturated heterocycles. The standard InChI is InChI=1S/C18H27N5O2/c1-10(2)20-17-14-8-15(11(3)24)19-9-16(14)22-18(23-17)21-12-4-6-13(25)7-5-12/h8-13,24-25H,4-7H2,1-3H3,(H2,20,21,22,23)/t11-,12?,13?/m1/s1. The smallest absolute Gasteiger partial charge is 0.225 e. The first-order valence-electron chi connectivity index (χ1n) is 8.99. The molecule has 0 bridgehead atoms. The predicted octanol–water partition coefficient (Wildman–Crippen LogP) is 2.61. The van der Waals surface area contributed by atoms with Crippen LogP contribution in [0.3, 0.4) is 0 Å². The van der Waals surface area contributed by atoms with Crippen LogP contribution in [0, 0.1) is 0 Å². The average molecular weight is 345 g/mol. The summed E-state index contributed by atoms with van der Waals surface area (Å²) in [7, 11) is 0. The van der Waals surface area contributed by atoms with E-state index in [1.165, 1.54) is 0 Å². The molecule has 2 heterocycles. The molecule has 1 aliphatic carbocycles. The first-order chi connectivity index (χ1) is 11.9. The Morgan fingerprint density at radius 1 is 1.12 bits per heavy atom. The first kappa shape index (κ1) is 17.8. The van der Waals surface area contributed by atoms with Crippen LogP contribution in [-0.2, 0) is 0 Å². The van der Waals surface area contributed by atoms with Crippen LogP contribution in [0.4, 0.5) is 11.8 Å². The van der Waals surface area contributed by atoms with E-state index >= 15 is 0 Å². The molecule has 0 aliphatic heterocycles. The van der Waals surface area contributed by atoms with Crippen molar-refractivity contribution in [1.82, 2.24) is 15.0 Å². The minimum atomic E-state index is -0.636. The molecule has 1 atom stereocenters. The van der Waals surface area contributed by atoms with Crippen molar-refractivity contribution in [2.75, 3.05) is 10.6 Å². The lowest BCUT2D eigenvalue weighted by Crippen LogP contribution is -2.29. The Morgan fingerprint density at radius 3 is 2.48 bits per heavy atom. The van der Waals surface area contributed by atoms with Gasteiger partial charge in [-0.1, -0.05) is 0 Å². The summed E-state index contributed by atoms with van der Waals surface area (Å²) in [4.78, 5) is 13.5. The molecular formula is C18H27N5O2. The monoisotopic (exact) mass is 345 g/mol. The van der Waals surface area contributed by atoms with Gasteiger partial charge in [-0.3, -0.25) is 4.98 Å². The summed E-state index contributed by atoms with van der Waals surface area (Å²) in [5, 5.41) is 27.0. The third-order valence-electron chi connectivity index (χ3n) is 4.49. The Bertz CT molecular complexity index is 727. The Hall–Kier alpha value is -1.99. The van der Waals surface area contributed by atoms with Crippen LogP contribution < -0.4 is 10.6 Å². The van der Waals surface area contributed by atoms with E-state index in [4.69, 9.17) is 0 Å².